The Morgan fingerprint density at radius 2 is 1.47 bits per heavy atom. The van der Waals surface area contributed by atoms with Gasteiger partial charge in [-0.1, -0.05) is 31.6 Å². The summed E-state index contributed by atoms with van der Waals surface area (Å²) in [6.07, 6.45) is -5.79. The van der Waals surface area contributed by atoms with Crippen LogP contribution < -0.4 is 0 Å². The molecule has 0 amide bonds. The quantitative estimate of drug-likeness (QED) is 0.117. The first-order valence-electron chi connectivity index (χ1n) is 24.4. The van der Waals surface area contributed by atoms with Crippen LogP contribution in [0.2, 0.25) is 0 Å². The highest BCUT2D eigenvalue weighted by Crippen LogP contribution is 2.70. The van der Waals surface area contributed by atoms with E-state index in [1.165, 1.54) is 21.0 Å². The van der Waals surface area contributed by atoms with Crippen LogP contribution in [0.4, 0.5) is 0 Å². The maximum atomic E-state index is 13.6. The summed E-state index contributed by atoms with van der Waals surface area (Å²) in [4.78, 5) is 40.1. The van der Waals surface area contributed by atoms with E-state index in [-0.39, 0.29) is 37.6 Å². The summed E-state index contributed by atoms with van der Waals surface area (Å²) in [6, 6.07) is 0. The van der Waals surface area contributed by atoms with E-state index < -0.39 is 137 Å². The van der Waals surface area contributed by atoms with Gasteiger partial charge in [0.15, 0.2) is 18.4 Å². The number of carbonyl (C=O) groups is 3. The van der Waals surface area contributed by atoms with E-state index >= 15 is 0 Å². The molecule has 0 aromatic carbocycles. The Balaban J connectivity index is 1.06. The molecule has 7 aliphatic rings. The van der Waals surface area contributed by atoms with Gasteiger partial charge in [0.25, 0.3) is 0 Å². The summed E-state index contributed by atoms with van der Waals surface area (Å²) >= 11 is 0. The monoisotopic (exact) mass is 967 g/mol. The average Bonchev–Trinajstić information content (AvgIpc) is 3.57. The molecule has 18 nitrogen and oxygen atoms in total. The average molecular weight is 967 g/mol. The molecule has 3 aliphatic heterocycles. The maximum Gasteiger partial charge on any atom is 0.333 e. The molecule has 0 aromatic rings. The molecule has 7 rings (SSSR count). The van der Waals surface area contributed by atoms with E-state index in [2.05, 4.69) is 0 Å². The number of allylic oxidation sites excluding steroid dienone is 1. The number of hydrogen-bond acceptors (Lipinski definition) is 18. The lowest BCUT2D eigenvalue weighted by Gasteiger charge is -2.68. The van der Waals surface area contributed by atoms with Crippen LogP contribution in [0.1, 0.15) is 121 Å². The topological polar surface area (TPSA) is 234 Å². The van der Waals surface area contributed by atoms with Crippen LogP contribution in [0, 0.1) is 22.7 Å². The van der Waals surface area contributed by atoms with Crippen LogP contribution in [0.5, 0.6) is 0 Å². The smallest absolute Gasteiger partial charge is 0.333 e. The fraction of sp³-hybridized carbons (Fsp3) is 0.860. The number of ether oxygens (including phenoxy) is 11. The third kappa shape index (κ3) is 8.97. The first kappa shape index (κ1) is 53.4. The number of aliphatic hydroxyl groups excluding tert-OH is 2. The van der Waals surface area contributed by atoms with E-state index in [4.69, 9.17) is 52.1 Å². The van der Waals surface area contributed by atoms with Crippen LogP contribution in [0.25, 0.3) is 0 Å². The molecule has 0 spiro atoms. The second-order valence-electron chi connectivity index (χ2n) is 21.3. The molecule has 3 heterocycles. The Kier molecular flexibility index (Phi) is 15.6. The SMILES string of the molecule is CC=C(C)C(=O)OC1C(OC(C)=O)C2C3(C)CCC(OC4(C)CC(OC)C(OC5CC(OC)C(OC6OC(C)C(O)C(OC)C6O)C(C)O5)C(C)O4)CC3=CCC2(O)C2(O)CCC(C(C)=O)C12C. The molecule has 68 heavy (non-hydrogen) atoms. The molecule has 386 valence electrons. The number of aliphatic hydroxyl groups is 4. The standard InChI is InChI=1S/C50H78O18/c1-14-24(2)44(55)66-43-41(63-29(7)52)42-46(8)18-16-31(21-30(46)15-19-49(42,56)50(57)20-17-32(25(3)51)48(43,50)10)68-47(9)23-34(59-12)39(28(6)67-47)64-35-22-33(58-11)38(27(5)61-35)65-45-37(54)40(60-13)36(53)26(4)62-45/h14-15,26-28,31-43,45,53-54,56-57H,16-23H2,1-13H3. The fourth-order valence-electron chi connectivity index (χ4n) is 13.6. The number of rotatable bonds is 13. The van der Waals surface area contributed by atoms with Crippen LogP contribution in [0.15, 0.2) is 23.3 Å². The van der Waals surface area contributed by atoms with Gasteiger partial charge in [-0.15, -0.1) is 0 Å². The maximum absolute atomic E-state index is 13.6. The van der Waals surface area contributed by atoms with Crippen LogP contribution >= 0.6 is 0 Å². The van der Waals surface area contributed by atoms with Crippen molar-refractivity contribution in [3.8, 4) is 0 Å². The molecule has 4 aliphatic carbocycles. The lowest BCUT2D eigenvalue weighted by atomic mass is 9.42. The Morgan fingerprint density at radius 1 is 0.794 bits per heavy atom. The number of esters is 2. The van der Waals surface area contributed by atoms with Crippen molar-refractivity contribution >= 4 is 17.7 Å². The molecule has 0 aromatic heterocycles. The summed E-state index contributed by atoms with van der Waals surface area (Å²) in [5.41, 5.74) is -4.82. The second-order valence-corrected chi connectivity index (χ2v) is 21.3. The minimum Gasteiger partial charge on any atom is -0.458 e. The third-order valence-electron chi connectivity index (χ3n) is 17.3. The van der Waals surface area contributed by atoms with Gasteiger partial charge in [-0.3, -0.25) is 9.59 Å². The van der Waals surface area contributed by atoms with Crippen LogP contribution in [-0.2, 0) is 66.5 Å². The van der Waals surface area contributed by atoms with Crippen LogP contribution in [-0.4, -0.2) is 168 Å². The molecule has 3 saturated heterocycles. The highest BCUT2D eigenvalue weighted by Gasteiger charge is 2.81. The molecule has 22 unspecified atom stereocenters. The Labute approximate surface area is 400 Å². The fourth-order valence-corrected chi connectivity index (χ4v) is 13.6. The largest absolute Gasteiger partial charge is 0.458 e. The summed E-state index contributed by atoms with van der Waals surface area (Å²) < 4.78 is 68.4. The van der Waals surface area contributed by atoms with Gasteiger partial charge in [-0.25, -0.2) is 4.79 Å². The Hall–Kier alpha value is -2.43. The first-order chi connectivity index (χ1) is 31.9. The molecule has 0 radical (unpaired) electrons. The lowest BCUT2D eigenvalue weighted by molar-refractivity contribution is -0.364. The summed E-state index contributed by atoms with van der Waals surface area (Å²) in [5.74, 6) is -4.31. The number of methoxy groups -OCH3 is 3. The zero-order valence-corrected chi connectivity index (χ0v) is 42.1. The van der Waals surface area contributed by atoms with Gasteiger partial charge in [0.2, 0.25) is 0 Å². The van der Waals surface area contributed by atoms with Crippen molar-refractivity contribution in [2.45, 2.75) is 230 Å². The van der Waals surface area contributed by atoms with Gasteiger partial charge < -0.3 is 72.5 Å². The van der Waals surface area contributed by atoms with Gasteiger partial charge in [-0.05, 0) is 92.4 Å². The van der Waals surface area contributed by atoms with Gasteiger partial charge in [0.05, 0.1) is 36.6 Å². The normalized spacial score (nSPS) is 49.5. The predicted molar refractivity (Wildman–Crippen MR) is 240 cm³/mol. The third-order valence-corrected chi connectivity index (χ3v) is 17.3. The zero-order valence-electron chi connectivity index (χ0n) is 42.1. The number of hydrogen-bond donors (Lipinski definition) is 4. The highest BCUT2D eigenvalue weighted by molar-refractivity contribution is 5.88. The van der Waals surface area contributed by atoms with E-state index in [0.29, 0.717) is 31.3 Å². The number of Topliss-reactive ketones (excluding diaryl/α,β-unsaturated/α-hetero) is 1. The van der Waals surface area contributed by atoms with Gasteiger partial charge in [0.1, 0.15) is 59.7 Å². The molecule has 18 heteroatoms. The first-order valence-corrected chi connectivity index (χ1v) is 24.4. The summed E-state index contributed by atoms with van der Waals surface area (Å²) in [7, 11) is 4.59. The van der Waals surface area contributed by atoms with Crippen molar-refractivity contribution in [2.75, 3.05) is 21.3 Å². The van der Waals surface area contributed by atoms with Crippen molar-refractivity contribution in [1.29, 1.82) is 0 Å². The van der Waals surface area contributed by atoms with E-state index in [1.54, 1.807) is 48.0 Å². The molecule has 22 atom stereocenters. The lowest BCUT2D eigenvalue weighted by Crippen LogP contribution is -2.80. The minimum atomic E-state index is -1.88. The molecular formula is C50H78O18. The van der Waals surface area contributed by atoms with Crippen molar-refractivity contribution in [2.24, 2.45) is 22.7 Å². The second kappa shape index (κ2) is 19.9. The van der Waals surface area contributed by atoms with Crippen molar-refractivity contribution in [3.63, 3.8) is 0 Å². The van der Waals surface area contributed by atoms with E-state index in [9.17, 15) is 34.8 Å². The number of carbonyl (C=O) groups excluding carboxylic acids is 3. The predicted octanol–water partition coefficient (Wildman–Crippen LogP) is 3.74. The number of ketones is 1. The highest BCUT2D eigenvalue weighted by atomic mass is 16.8. The van der Waals surface area contributed by atoms with Crippen LogP contribution in [0.3, 0.4) is 0 Å². The van der Waals surface area contributed by atoms with Gasteiger partial charge in [0, 0.05) is 63.9 Å². The molecule has 0 bridgehead atoms. The van der Waals surface area contributed by atoms with Crippen molar-refractivity contribution in [3.05, 3.63) is 23.3 Å². The molecular weight excluding hydrogens is 889 g/mol. The molecule has 4 N–H and O–H groups in total. The Bertz CT molecular complexity index is 1930. The van der Waals surface area contributed by atoms with Gasteiger partial charge in [-0.2, -0.15) is 0 Å². The zero-order chi connectivity index (χ0) is 50.1. The van der Waals surface area contributed by atoms with E-state index in [1.807, 2.05) is 33.8 Å². The van der Waals surface area contributed by atoms with Crippen molar-refractivity contribution < 1.29 is 86.9 Å². The Morgan fingerprint density at radius 3 is 2.09 bits per heavy atom. The van der Waals surface area contributed by atoms with Gasteiger partial charge >= 0.3 is 11.9 Å². The summed E-state index contributed by atoms with van der Waals surface area (Å²) in [6.45, 7) is 17.0. The summed E-state index contributed by atoms with van der Waals surface area (Å²) in [5, 5.41) is 47.6. The van der Waals surface area contributed by atoms with E-state index in [0.717, 1.165) is 5.57 Å². The molecule has 3 saturated carbocycles. The molecule has 6 fully saturated rings. The minimum absolute atomic E-state index is 0.0144. The number of fused-ring (bicyclic) bond motifs is 5. The van der Waals surface area contributed by atoms with Crippen molar-refractivity contribution in [1.82, 2.24) is 0 Å².